The summed E-state index contributed by atoms with van der Waals surface area (Å²) in [5, 5.41) is 5.39. The van der Waals surface area contributed by atoms with Crippen molar-refractivity contribution in [2.45, 2.75) is 11.1 Å². The summed E-state index contributed by atoms with van der Waals surface area (Å²) in [6, 6.07) is 10.7. The van der Waals surface area contributed by atoms with Crippen molar-refractivity contribution in [3.63, 3.8) is 0 Å². The molecule has 0 atom stereocenters. The molecule has 0 aliphatic carbocycles. The molecule has 0 N–H and O–H groups in total. The van der Waals surface area contributed by atoms with Crippen molar-refractivity contribution >= 4 is 34.4 Å². The van der Waals surface area contributed by atoms with Crippen LogP contribution in [0.1, 0.15) is 5.56 Å². The first-order valence-electron chi connectivity index (χ1n) is 5.92. The van der Waals surface area contributed by atoms with E-state index in [-0.39, 0.29) is 0 Å². The van der Waals surface area contributed by atoms with E-state index in [1.165, 1.54) is 20.9 Å². The SMILES string of the molecule is CSc1sccc1-c1nc(-c2ccc(C)cc2)cs1. The first kappa shape index (κ1) is 12.9. The number of thiazole rings is 1. The van der Waals surface area contributed by atoms with Crippen LogP contribution in [-0.4, -0.2) is 11.2 Å². The van der Waals surface area contributed by atoms with Gasteiger partial charge in [0.05, 0.1) is 9.90 Å². The van der Waals surface area contributed by atoms with Gasteiger partial charge >= 0.3 is 0 Å². The van der Waals surface area contributed by atoms with E-state index >= 15 is 0 Å². The first-order valence-corrected chi connectivity index (χ1v) is 8.91. The topological polar surface area (TPSA) is 12.9 Å². The molecule has 3 rings (SSSR count). The van der Waals surface area contributed by atoms with E-state index in [4.69, 9.17) is 4.98 Å². The summed E-state index contributed by atoms with van der Waals surface area (Å²) < 4.78 is 1.34. The number of thiophene rings is 1. The Bertz CT molecular complexity index is 679. The second kappa shape index (κ2) is 5.49. The molecule has 0 bridgehead atoms. The van der Waals surface area contributed by atoms with Gasteiger partial charge in [-0.3, -0.25) is 0 Å². The average molecular weight is 303 g/mol. The van der Waals surface area contributed by atoms with Crippen LogP contribution in [0.5, 0.6) is 0 Å². The molecule has 0 radical (unpaired) electrons. The molecule has 3 aromatic rings. The lowest BCUT2D eigenvalue weighted by atomic mass is 10.1. The number of aromatic nitrogens is 1. The van der Waals surface area contributed by atoms with E-state index in [1.807, 2.05) is 0 Å². The molecule has 1 nitrogen and oxygen atoms in total. The van der Waals surface area contributed by atoms with E-state index in [2.05, 4.69) is 54.3 Å². The van der Waals surface area contributed by atoms with Gasteiger partial charge in [0.2, 0.25) is 0 Å². The van der Waals surface area contributed by atoms with Crippen LogP contribution in [0, 0.1) is 6.92 Å². The summed E-state index contributed by atoms with van der Waals surface area (Å²) in [5.74, 6) is 0. The number of aryl methyl sites for hydroxylation is 1. The van der Waals surface area contributed by atoms with E-state index in [0.29, 0.717) is 0 Å². The molecule has 0 aliphatic heterocycles. The van der Waals surface area contributed by atoms with Crippen molar-refractivity contribution in [2.75, 3.05) is 6.26 Å². The molecular formula is C15H13NS3. The number of thioether (sulfide) groups is 1. The quantitative estimate of drug-likeness (QED) is 0.587. The van der Waals surface area contributed by atoms with Gasteiger partial charge in [0.15, 0.2) is 0 Å². The number of hydrogen-bond donors (Lipinski definition) is 0. The second-order valence-electron chi connectivity index (χ2n) is 4.23. The fraction of sp³-hybridized carbons (Fsp3) is 0.133. The summed E-state index contributed by atoms with van der Waals surface area (Å²) in [6.07, 6.45) is 2.11. The lowest BCUT2D eigenvalue weighted by molar-refractivity contribution is 1.38. The van der Waals surface area contributed by atoms with Gasteiger partial charge in [0.1, 0.15) is 5.01 Å². The molecule has 0 aliphatic rings. The van der Waals surface area contributed by atoms with Crippen LogP contribution in [-0.2, 0) is 0 Å². The summed E-state index contributed by atoms with van der Waals surface area (Å²) in [7, 11) is 0. The van der Waals surface area contributed by atoms with Crippen molar-refractivity contribution < 1.29 is 0 Å². The van der Waals surface area contributed by atoms with Crippen LogP contribution in [0.3, 0.4) is 0 Å². The zero-order chi connectivity index (χ0) is 13.2. The summed E-state index contributed by atoms with van der Waals surface area (Å²) in [5.41, 5.74) is 4.80. The second-order valence-corrected chi connectivity index (χ2v) is 7.08. The molecule has 0 saturated heterocycles. The Balaban J connectivity index is 1.97. The minimum atomic E-state index is 1.07. The van der Waals surface area contributed by atoms with Crippen LogP contribution < -0.4 is 0 Å². The summed E-state index contributed by atoms with van der Waals surface area (Å²) in [6.45, 7) is 2.10. The number of hydrogen-bond acceptors (Lipinski definition) is 4. The van der Waals surface area contributed by atoms with Gasteiger partial charge in [0, 0.05) is 16.5 Å². The Labute approximate surface area is 125 Å². The van der Waals surface area contributed by atoms with Crippen LogP contribution in [0.2, 0.25) is 0 Å². The van der Waals surface area contributed by atoms with Crippen molar-refractivity contribution in [2.24, 2.45) is 0 Å². The third kappa shape index (κ3) is 2.61. The van der Waals surface area contributed by atoms with Crippen LogP contribution >= 0.6 is 34.4 Å². The molecule has 0 saturated carbocycles. The monoisotopic (exact) mass is 303 g/mol. The van der Waals surface area contributed by atoms with Crippen LogP contribution in [0.15, 0.2) is 45.3 Å². The molecule has 1 aromatic carbocycles. The summed E-state index contributed by atoms with van der Waals surface area (Å²) >= 11 is 5.29. The molecule has 0 spiro atoms. The van der Waals surface area contributed by atoms with E-state index < -0.39 is 0 Å². The van der Waals surface area contributed by atoms with Crippen molar-refractivity contribution in [3.05, 3.63) is 46.7 Å². The smallest absolute Gasteiger partial charge is 0.126 e. The van der Waals surface area contributed by atoms with Crippen molar-refractivity contribution in [1.29, 1.82) is 0 Å². The number of benzene rings is 1. The predicted molar refractivity (Wildman–Crippen MR) is 87.4 cm³/mol. The average Bonchev–Trinajstić information content (AvgIpc) is 3.07. The summed E-state index contributed by atoms with van der Waals surface area (Å²) in [4.78, 5) is 4.77. The molecular weight excluding hydrogens is 290 g/mol. The molecule has 0 unspecified atom stereocenters. The normalized spacial score (nSPS) is 10.8. The largest absolute Gasteiger partial charge is 0.236 e. The predicted octanol–water partition coefficient (Wildman–Crippen LogP) is 5.57. The van der Waals surface area contributed by atoms with Gasteiger partial charge < -0.3 is 0 Å². The maximum absolute atomic E-state index is 4.77. The highest BCUT2D eigenvalue weighted by molar-refractivity contribution is 8.00. The Morgan fingerprint density at radius 1 is 1.05 bits per heavy atom. The molecule has 0 fully saturated rings. The Morgan fingerprint density at radius 3 is 2.58 bits per heavy atom. The third-order valence-electron chi connectivity index (χ3n) is 2.90. The molecule has 2 heterocycles. The maximum Gasteiger partial charge on any atom is 0.126 e. The standard InChI is InChI=1S/C15H13NS3/c1-10-3-5-11(6-4-10)13-9-19-14(16-13)12-7-8-18-15(12)17-2/h3-9H,1-2H3. The van der Waals surface area contributed by atoms with Gasteiger partial charge in [-0.15, -0.1) is 34.4 Å². The zero-order valence-corrected chi connectivity index (χ0v) is 13.2. The fourth-order valence-corrected chi connectivity index (χ4v) is 4.41. The lowest BCUT2D eigenvalue weighted by Crippen LogP contribution is -1.79. The first-order chi connectivity index (χ1) is 9.28. The molecule has 19 heavy (non-hydrogen) atoms. The van der Waals surface area contributed by atoms with Gasteiger partial charge in [-0.05, 0) is 24.6 Å². The Hall–Kier alpha value is -1.10. The van der Waals surface area contributed by atoms with Crippen molar-refractivity contribution in [1.82, 2.24) is 4.98 Å². The van der Waals surface area contributed by atoms with E-state index in [0.717, 1.165) is 10.7 Å². The lowest BCUT2D eigenvalue weighted by Gasteiger charge is -1.98. The van der Waals surface area contributed by atoms with Crippen LogP contribution in [0.4, 0.5) is 0 Å². The number of nitrogens with zero attached hydrogens (tertiary/aromatic N) is 1. The highest BCUT2D eigenvalue weighted by atomic mass is 32.2. The molecule has 0 amide bonds. The van der Waals surface area contributed by atoms with Gasteiger partial charge in [-0.25, -0.2) is 4.98 Å². The molecule has 2 aromatic heterocycles. The fourth-order valence-electron chi connectivity index (χ4n) is 1.87. The highest BCUT2D eigenvalue weighted by Crippen LogP contribution is 2.37. The molecule has 96 valence electrons. The number of rotatable bonds is 3. The van der Waals surface area contributed by atoms with Crippen LogP contribution in [0.25, 0.3) is 21.8 Å². The molecule has 4 heteroatoms. The van der Waals surface area contributed by atoms with E-state index in [9.17, 15) is 0 Å². The minimum absolute atomic E-state index is 1.07. The van der Waals surface area contributed by atoms with Gasteiger partial charge in [0.25, 0.3) is 0 Å². The van der Waals surface area contributed by atoms with E-state index in [1.54, 1.807) is 34.4 Å². The van der Waals surface area contributed by atoms with Gasteiger partial charge in [-0.1, -0.05) is 29.8 Å². The third-order valence-corrected chi connectivity index (χ3v) is 5.86. The highest BCUT2D eigenvalue weighted by Gasteiger charge is 2.11. The Kier molecular flexibility index (Phi) is 3.73. The van der Waals surface area contributed by atoms with Gasteiger partial charge in [-0.2, -0.15) is 0 Å². The maximum atomic E-state index is 4.77. The van der Waals surface area contributed by atoms with Crippen molar-refractivity contribution in [3.8, 4) is 21.8 Å². The zero-order valence-electron chi connectivity index (χ0n) is 10.7. The Morgan fingerprint density at radius 2 is 1.84 bits per heavy atom. The minimum Gasteiger partial charge on any atom is -0.236 e.